The first-order valence-electron chi connectivity index (χ1n) is 12.3. The second-order valence-corrected chi connectivity index (χ2v) is 8.61. The zero-order valence-corrected chi connectivity index (χ0v) is 21.1. The number of alkyl carbamates (subject to hydrolysis) is 1. The zero-order valence-electron chi connectivity index (χ0n) is 21.1. The van der Waals surface area contributed by atoms with Crippen LogP contribution in [0.2, 0.25) is 0 Å². The molecular formula is C24H35N7O7. The Bertz CT molecular complexity index is 990. The molecule has 1 aliphatic rings. The van der Waals surface area contributed by atoms with Gasteiger partial charge < -0.3 is 41.3 Å². The molecule has 1 heterocycles. The second kappa shape index (κ2) is 15.7. The van der Waals surface area contributed by atoms with Crippen molar-refractivity contribution in [2.24, 2.45) is 5.73 Å². The van der Waals surface area contributed by atoms with Crippen LogP contribution in [-0.4, -0.2) is 96.0 Å². The van der Waals surface area contributed by atoms with Crippen molar-refractivity contribution in [3.05, 3.63) is 35.9 Å². The monoisotopic (exact) mass is 533 g/mol. The second-order valence-electron chi connectivity index (χ2n) is 8.61. The number of carbonyl (C=O) groups excluding carboxylic acids is 4. The van der Waals surface area contributed by atoms with Gasteiger partial charge in [-0.2, -0.15) is 0 Å². The number of hydrogen-bond acceptors (Lipinski definition) is 7. The number of carbonyl (C=O) groups is 5. The van der Waals surface area contributed by atoms with Gasteiger partial charge in [-0.15, -0.1) is 0 Å². The van der Waals surface area contributed by atoms with Crippen LogP contribution in [0, 0.1) is 5.41 Å². The molecule has 0 saturated carbocycles. The molecular weight excluding hydrogens is 498 g/mol. The molecule has 38 heavy (non-hydrogen) atoms. The molecule has 0 bridgehead atoms. The number of carboxylic acids is 1. The third-order valence-electron chi connectivity index (χ3n) is 5.70. The van der Waals surface area contributed by atoms with E-state index in [4.69, 9.17) is 21.0 Å². The normalized spacial score (nSPS) is 14.9. The first-order valence-corrected chi connectivity index (χ1v) is 12.3. The number of piperazine rings is 1. The van der Waals surface area contributed by atoms with E-state index in [9.17, 15) is 24.0 Å². The molecule has 0 spiro atoms. The van der Waals surface area contributed by atoms with E-state index in [1.54, 1.807) is 24.3 Å². The van der Waals surface area contributed by atoms with E-state index in [-0.39, 0.29) is 57.5 Å². The Kier molecular flexibility index (Phi) is 12.3. The molecule has 1 aliphatic heterocycles. The number of nitrogens with two attached hydrogens (primary N) is 1. The van der Waals surface area contributed by atoms with E-state index in [0.717, 1.165) is 5.56 Å². The number of nitrogens with one attached hydrogen (secondary N) is 4. The van der Waals surface area contributed by atoms with E-state index in [2.05, 4.69) is 16.0 Å². The van der Waals surface area contributed by atoms with Gasteiger partial charge in [-0.05, 0) is 24.8 Å². The lowest BCUT2D eigenvalue weighted by atomic mass is 10.0. The summed E-state index contributed by atoms with van der Waals surface area (Å²) in [6, 6.07) is 8.11. The molecule has 1 aromatic carbocycles. The van der Waals surface area contributed by atoms with Gasteiger partial charge in [-0.25, -0.2) is 4.79 Å². The molecule has 208 valence electrons. The molecule has 1 aromatic rings. The van der Waals surface area contributed by atoms with Crippen LogP contribution < -0.4 is 21.7 Å². The minimum absolute atomic E-state index is 0.0365. The number of hydrogen-bond donors (Lipinski definition) is 6. The molecule has 1 saturated heterocycles. The highest BCUT2D eigenvalue weighted by molar-refractivity contribution is 5.92. The first kappa shape index (κ1) is 29.9. The fraction of sp³-hybridized carbons (Fsp3) is 0.500. The summed E-state index contributed by atoms with van der Waals surface area (Å²) in [5.41, 5.74) is 5.97. The number of amides is 4. The van der Waals surface area contributed by atoms with Crippen molar-refractivity contribution in [1.29, 1.82) is 5.41 Å². The zero-order chi connectivity index (χ0) is 27.9. The van der Waals surface area contributed by atoms with E-state index in [1.165, 1.54) is 9.80 Å². The summed E-state index contributed by atoms with van der Waals surface area (Å²) in [5, 5.41) is 23.9. The van der Waals surface area contributed by atoms with Gasteiger partial charge in [0, 0.05) is 32.6 Å². The Balaban J connectivity index is 1.85. The van der Waals surface area contributed by atoms with Crippen LogP contribution in [0.4, 0.5) is 4.79 Å². The van der Waals surface area contributed by atoms with Gasteiger partial charge in [0.25, 0.3) is 0 Å². The van der Waals surface area contributed by atoms with E-state index in [0.29, 0.717) is 19.4 Å². The predicted octanol–water partition coefficient (Wildman–Crippen LogP) is -0.804. The summed E-state index contributed by atoms with van der Waals surface area (Å²) >= 11 is 0. The third-order valence-corrected chi connectivity index (χ3v) is 5.70. The minimum atomic E-state index is -1.16. The van der Waals surface area contributed by atoms with Gasteiger partial charge in [-0.3, -0.25) is 24.6 Å². The Morgan fingerprint density at radius 2 is 1.76 bits per heavy atom. The van der Waals surface area contributed by atoms with Crippen molar-refractivity contribution in [3.8, 4) is 0 Å². The van der Waals surface area contributed by atoms with Crippen LogP contribution in [0.5, 0.6) is 0 Å². The van der Waals surface area contributed by atoms with Gasteiger partial charge in [0.15, 0.2) is 5.96 Å². The summed E-state index contributed by atoms with van der Waals surface area (Å²) in [4.78, 5) is 63.5. The van der Waals surface area contributed by atoms with Gasteiger partial charge in [0.05, 0.1) is 0 Å². The maximum absolute atomic E-state index is 13.0. The molecule has 7 N–H and O–H groups in total. The largest absolute Gasteiger partial charge is 0.480 e. The van der Waals surface area contributed by atoms with Gasteiger partial charge in [0.2, 0.25) is 17.7 Å². The van der Waals surface area contributed by atoms with E-state index >= 15 is 0 Å². The standard InChI is InChI=1S/C24H35N7O7/c25-23(26)28-11-5-9-19(32)27-10-4-8-18-22(36)30(15-21(34)35)12-13-31(18)20(33)14-29-24(37)38-16-17-6-2-1-3-7-17/h1-3,6-7,18H,4-5,8-16H2,(H,27,32)(H,29,37)(H,34,35)(H4,25,26,28)/t18-/m0/s1. The molecule has 14 heteroatoms. The highest BCUT2D eigenvalue weighted by atomic mass is 16.5. The number of rotatable bonds is 14. The SMILES string of the molecule is N=C(N)NCCCC(=O)NCCC[C@H]1C(=O)N(CC(=O)O)CCN1C(=O)CNC(=O)OCc1ccccc1. The Morgan fingerprint density at radius 3 is 2.45 bits per heavy atom. The number of ether oxygens (including phenoxy) is 1. The van der Waals surface area contributed by atoms with Crippen molar-refractivity contribution in [3.63, 3.8) is 0 Å². The fourth-order valence-electron chi connectivity index (χ4n) is 3.84. The number of guanidine groups is 1. The molecule has 4 amide bonds. The summed E-state index contributed by atoms with van der Waals surface area (Å²) in [6.45, 7) is -0.0182. The lowest BCUT2D eigenvalue weighted by molar-refractivity contribution is -0.155. The first-order chi connectivity index (χ1) is 18.2. The predicted molar refractivity (Wildman–Crippen MR) is 136 cm³/mol. The van der Waals surface area contributed by atoms with Gasteiger partial charge >= 0.3 is 12.1 Å². The number of benzene rings is 1. The van der Waals surface area contributed by atoms with Crippen LogP contribution in [0.3, 0.4) is 0 Å². The average Bonchev–Trinajstić information content (AvgIpc) is 2.88. The van der Waals surface area contributed by atoms with Gasteiger partial charge in [-0.1, -0.05) is 30.3 Å². The molecule has 1 fully saturated rings. The van der Waals surface area contributed by atoms with E-state index in [1.807, 2.05) is 6.07 Å². The lowest BCUT2D eigenvalue weighted by Gasteiger charge is -2.40. The van der Waals surface area contributed by atoms with Gasteiger partial charge in [0.1, 0.15) is 25.7 Å². The highest BCUT2D eigenvalue weighted by Gasteiger charge is 2.37. The summed E-state index contributed by atoms with van der Waals surface area (Å²) in [5.74, 6) is -2.54. The third kappa shape index (κ3) is 10.7. The highest BCUT2D eigenvalue weighted by Crippen LogP contribution is 2.16. The van der Waals surface area contributed by atoms with Crippen LogP contribution >= 0.6 is 0 Å². The maximum atomic E-state index is 13.0. The van der Waals surface area contributed by atoms with Crippen LogP contribution in [0.15, 0.2) is 30.3 Å². The number of aliphatic carboxylic acids is 1. The maximum Gasteiger partial charge on any atom is 0.407 e. The van der Waals surface area contributed by atoms with Crippen LogP contribution in [-0.2, 0) is 30.5 Å². The van der Waals surface area contributed by atoms with Crippen molar-refractivity contribution < 1.29 is 33.8 Å². The summed E-state index contributed by atoms with van der Waals surface area (Å²) in [6.07, 6.45) is 0.498. The number of nitrogens with zero attached hydrogens (tertiary/aromatic N) is 2. The number of carboxylic acid groups (broad SMARTS) is 1. The molecule has 0 aliphatic carbocycles. The average molecular weight is 534 g/mol. The summed E-state index contributed by atoms with van der Waals surface area (Å²) < 4.78 is 5.10. The van der Waals surface area contributed by atoms with Crippen LogP contribution in [0.25, 0.3) is 0 Å². The quantitative estimate of drug-likeness (QED) is 0.100. The molecule has 14 nitrogen and oxygen atoms in total. The Hall–Kier alpha value is -4.36. The van der Waals surface area contributed by atoms with Crippen molar-refractivity contribution in [2.45, 2.75) is 38.3 Å². The topological polar surface area (TPSA) is 207 Å². The smallest absolute Gasteiger partial charge is 0.407 e. The van der Waals surface area contributed by atoms with Crippen molar-refractivity contribution in [1.82, 2.24) is 25.8 Å². The molecule has 0 unspecified atom stereocenters. The molecule has 2 rings (SSSR count). The molecule has 0 aromatic heterocycles. The molecule has 0 radical (unpaired) electrons. The minimum Gasteiger partial charge on any atom is -0.480 e. The fourth-order valence-corrected chi connectivity index (χ4v) is 3.84. The van der Waals surface area contributed by atoms with Crippen LogP contribution in [0.1, 0.15) is 31.2 Å². The Labute approximate surface area is 220 Å². The lowest BCUT2D eigenvalue weighted by Crippen LogP contribution is -2.60. The van der Waals surface area contributed by atoms with E-state index < -0.39 is 36.5 Å². The van der Waals surface area contributed by atoms with Crippen molar-refractivity contribution in [2.75, 3.05) is 39.3 Å². The molecule has 1 atom stereocenters. The van der Waals surface area contributed by atoms with Crippen molar-refractivity contribution >= 4 is 35.7 Å². The summed E-state index contributed by atoms with van der Waals surface area (Å²) in [7, 11) is 0. The Morgan fingerprint density at radius 1 is 1.05 bits per heavy atom.